The Morgan fingerprint density at radius 1 is 1.59 bits per heavy atom. The van der Waals surface area contributed by atoms with Crippen LogP contribution in [-0.4, -0.2) is 30.5 Å². The van der Waals surface area contributed by atoms with Crippen molar-refractivity contribution in [2.24, 2.45) is 5.73 Å². The molecular weight excluding hydrogens is 216 g/mol. The molecule has 3 N–H and O–H groups in total. The van der Waals surface area contributed by atoms with E-state index in [0.29, 0.717) is 6.54 Å². The van der Waals surface area contributed by atoms with E-state index < -0.39 is 0 Å². The second kappa shape index (κ2) is 5.14. The molecule has 0 aliphatic carbocycles. The van der Waals surface area contributed by atoms with E-state index in [1.807, 2.05) is 24.0 Å². The summed E-state index contributed by atoms with van der Waals surface area (Å²) < 4.78 is 0. The van der Waals surface area contributed by atoms with Crippen LogP contribution in [0.1, 0.15) is 24.9 Å². The summed E-state index contributed by atoms with van der Waals surface area (Å²) in [6, 6.07) is 3.85. The van der Waals surface area contributed by atoms with Crippen LogP contribution in [-0.2, 0) is 4.79 Å². The zero-order valence-corrected chi connectivity index (χ0v) is 10.0. The summed E-state index contributed by atoms with van der Waals surface area (Å²) in [5.41, 5.74) is 6.89. The maximum Gasteiger partial charge on any atom is 0.239 e. The average Bonchev–Trinajstić information content (AvgIpc) is 2.54. The maximum atomic E-state index is 11.5. The van der Waals surface area contributed by atoms with Gasteiger partial charge in [0.25, 0.3) is 0 Å². The minimum absolute atomic E-state index is 0.0162. The van der Waals surface area contributed by atoms with Crippen LogP contribution >= 0.6 is 0 Å². The van der Waals surface area contributed by atoms with E-state index in [0.717, 1.165) is 30.9 Å². The molecule has 0 bridgehead atoms. The van der Waals surface area contributed by atoms with Gasteiger partial charge >= 0.3 is 0 Å². The van der Waals surface area contributed by atoms with E-state index in [4.69, 9.17) is 5.73 Å². The Bertz CT molecular complexity index is 405. The van der Waals surface area contributed by atoms with E-state index >= 15 is 0 Å². The molecule has 92 valence electrons. The van der Waals surface area contributed by atoms with E-state index in [-0.39, 0.29) is 11.9 Å². The van der Waals surface area contributed by atoms with Crippen LogP contribution in [0.15, 0.2) is 18.3 Å². The minimum atomic E-state index is -0.0162. The van der Waals surface area contributed by atoms with Crippen molar-refractivity contribution in [3.8, 4) is 0 Å². The van der Waals surface area contributed by atoms with Gasteiger partial charge in [-0.2, -0.15) is 0 Å². The highest BCUT2D eigenvalue weighted by Gasteiger charge is 2.16. The predicted octanol–water partition coefficient (Wildman–Crippen LogP) is 0.428. The number of amides is 1. The fraction of sp³-hybridized carbons (Fsp3) is 0.500. The first-order valence-electron chi connectivity index (χ1n) is 5.90. The predicted molar refractivity (Wildman–Crippen MR) is 66.7 cm³/mol. The molecular formula is C12H18N4O. The number of hydrogen-bond donors (Lipinski definition) is 2. The fourth-order valence-electron chi connectivity index (χ4n) is 1.89. The van der Waals surface area contributed by atoms with E-state index in [1.54, 1.807) is 6.20 Å². The van der Waals surface area contributed by atoms with Gasteiger partial charge in [0.05, 0.1) is 6.54 Å². The van der Waals surface area contributed by atoms with Crippen molar-refractivity contribution in [1.82, 2.24) is 10.3 Å². The summed E-state index contributed by atoms with van der Waals surface area (Å²) in [6.45, 7) is 3.89. The lowest BCUT2D eigenvalue weighted by Crippen LogP contribution is -2.33. The monoisotopic (exact) mass is 234 g/mol. The van der Waals surface area contributed by atoms with Gasteiger partial charge in [0, 0.05) is 25.3 Å². The van der Waals surface area contributed by atoms with Crippen LogP contribution in [0.25, 0.3) is 0 Å². The van der Waals surface area contributed by atoms with Crippen LogP contribution in [0, 0.1) is 0 Å². The van der Waals surface area contributed by atoms with Crippen molar-refractivity contribution in [1.29, 1.82) is 0 Å². The Labute approximate surface area is 101 Å². The minimum Gasteiger partial charge on any atom is -0.354 e. The van der Waals surface area contributed by atoms with E-state index in [2.05, 4.69) is 10.3 Å². The molecule has 1 aromatic heterocycles. The summed E-state index contributed by atoms with van der Waals surface area (Å²) in [7, 11) is 0. The molecule has 0 saturated carbocycles. The third-order valence-corrected chi connectivity index (χ3v) is 2.88. The number of hydrogen-bond acceptors (Lipinski definition) is 4. The number of carbonyl (C=O) groups is 1. The van der Waals surface area contributed by atoms with Crippen molar-refractivity contribution in [3.05, 3.63) is 23.9 Å². The third kappa shape index (κ3) is 2.94. The normalized spacial score (nSPS) is 18.5. The highest BCUT2D eigenvalue weighted by atomic mass is 16.2. The molecule has 2 heterocycles. The molecule has 1 aliphatic rings. The highest BCUT2D eigenvalue weighted by molar-refractivity contribution is 5.81. The summed E-state index contributed by atoms with van der Waals surface area (Å²) >= 11 is 0. The Morgan fingerprint density at radius 3 is 3.18 bits per heavy atom. The van der Waals surface area contributed by atoms with Gasteiger partial charge in [-0.3, -0.25) is 4.79 Å². The molecule has 2 rings (SSSR count). The van der Waals surface area contributed by atoms with Gasteiger partial charge in [0.15, 0.2) is 0 Å². The number of nitrogens with two attached hydrogens (primary N) is 1. The summed E-state index contributed by atoms with van der Waals surface area (Å²) in [5.74, 6) is 0.882. The van der Waals surface area contributed by atoms with Gasteiger partial charge in [0.2, 0.25) is 5.91 Å². The molecule has 1 fully saturated rings. The molecule has 1 atom stereocenters. The van der Waals surface area contributed by atoms with Crippen molar-refractivity contribution in [2.45, 2.75) is 19.4 Å². The van der Waals surface area contributed by atoms with Gasteiger partial charge in [-0.25, -0.2) is 4.98 Å². The first kappa shape index (κ1) is 11.9. The van der Waals surface area contributed by atoms with Gasteiger partial charge in [-0.05, 0) is 31.0 Å². The molecule has 1 unspecified atom stereocenters. The Morgan fingerprint density at radius 2 is 2.41 bits per heavy atom. The number of nitrogens with zero attached hydrogens (tertiary/aromatic N) is 2. The Hall–Kier alpha value is -1.62. The zero-order valence-electron chi connectivity index (χ0n) is 10.0. The Kier molecular flexibility index (Phi) is 3.58. The lowest BCUT2D eigenvalue weighted by Gasteiger charge is -2.21. The fourth-order valence-corrected chi connectivity index (χ4v) is 1.89. The smallest absolute Gasteiger partial charge is 0.239 e. The van der Waals surface area contributed by atoms with Crippen LogP contribution in [0.5, 0.6) is 0 Å². The number of rotatable bonds is 2. The molecule has 1 aliphatic heterocycles. The second-order valence-corrected chi connectivity index (χ2v) is 4.36. The summed E-state index contributed by atoms with van der Waals surface area (Å²) in [5, 5.41) is 2.85. The SMILES string of the molecule is CC(N)c1ccnc(N2CCCNC(=O)C2)c1. The van der Waals surface area contributed by atoms with Crippen molar-refractivity contribution >= 4 is 11.7 Å². The lowest BCUT2D eigenvalue weighted by molar-refractivity contribution is -0.119. The van der Waals surface area contributed by atoms with Gasteiger partial charge in [-0.1, -0.05) is 0 Å². The zero-order chi connectivity index (χ0) is 12.3. The number of aromatic nitrogens is 1. The van der Waals surface area contributed by atoms with Crippen LogP contribution in [0.3, 0.4) is 0 Å². The largest absolute Gasteiger partial charge is 0.354 e. The van der Waals surface area contributed by atoms with Gasteiger partial charge in [0.1, 0.15) is 5.82 Å². The molecule has 1 amide bonds. The third-order valence-electron chi connectivity index (χ3n) is 2.88. The topological polar surface area (TPSA) is 71.2 Å². The lowest BCUT2D eigenvalue weighted by atomic mass is 10.1. The molecule has 5 nitrogen and oxygen atoms in total. The Balaban J connectivity index is 2.20. The average molecular weight is 234 g/mol. The number of carbonyl (C=O) groups excluding carboxylic acids is 1. The maximum absolute atomic E-state index is 11.5. The van der Waals surface area contributed by atoms with Crippen LogP contribution < -0.4 is 16.0 Å². The summed E-state index contributed by atoms with van der Waals surface area (Å²) in [6.07, 6.45) is 2.69. The first-order chi connectivity index (χ1) is 8.16. The van der Waals surface area contributed by atoms with Crippen LogP contribution in [0.2, 0.25) is 0 Å². The van der Waals surface area contributed by atoms with E-state index in [9.17, 15) is 4.79 Å². The molecule has 0 aromatic carbocycles. The van der Waals surface area contributed by atoms with Gasteiger partial charge in [-0.15, -0.1) is 0 Å². The number of pyridine rings is 1. The summed E-state index contributed by atoms with van der Waals surface area (Å²) in [4.78, 5) is 17.8. The van der Waals surface area contributed by atoms with Crippen LogP contribution in [0.4, 0.5) is 5.82 Å². The highest BCUT2D eigenvalue weighted by Crippen LogP contribution is 2.17. The van der Waals surface area contributed by atoms with Crippen molar-refractivity contribution < 1.29 is 4.79 Å². The van der Waals surface area contributed by atoms with Gasteiger partial charge < -0.3 is 16.0 Å². The van der Waals surface area contributed by atoms with Crippen molar-refractivity contribution in [2.75, 3.05) is 24.5 Å². The molecule has 1 aromatic rings. The van der Waals surface area contributed by atoms with Crippen molar-refractivity contribution in [3.63, 3.8) is 0 Å². The first-order valence-corrected chi connectivity index (χ1v) is 5.90. The standard InChI is InChI=1S/C12H18N4O/c1-9(13)10-3-5-14-11(7-10)16-6-2-4-15-12(17)8-16/h3,5,7,9H,2,4,6,8,13H2,1H3,(H,15,17). The molecule has 17 heavy (non-hydrogen) atoms. The molecule has 1 saturated heterocycles. The molecule has 0 radical (unpaired) electrons. The second-order valence-electron chi connectivity index (χ2n) is 4.36. The molecule has 0 spiro atoms. The van der Waals surface area contributed by atoms with E-state index in [1.165, 1.54) is 0 Å². The quantitative estimate of drug-likeness (QED) is 0.778. The number of nitrogens with one attached hydrogen (secondary N) is 1. The molecule has 5 heteroatoms. The number of anilines is 1.